The van der Waals surface area contributed by atoms with Crippen molar-refractivity contribution in [3.05, 3.63) is 24.3 Å². The van der Waals surface area contributed by atoms with Crippen molar-refractivity contribution in [2.45, 2.75) is 123 Å². The van der Waals surface area contributed by atoms with E-state index in [0.29, 0.717) is 12.0 Å². The van der Waals surface area contributed by atoms with Crippen LogP contribution in [0.5, 0.6) is 0 Å². The first kappa shape index (κ1) is 26.2. The molecule has 3 aliphatic rings. The Morgan fingerprint density at radius 3 is 2.12 bits per heavy atom. The van der Waals surface area contributed by atoms with Crippen LogP contribution in [-0.4, -0.2) is 23.3 Å². The minimum Gasteiger partial charge on any atom is -0.275 e. The Bertz CT molecular complexity index is 653. The average molecular weight is 456 g/mol. The van der Waals surface area contributed by atoms with Gasteiger partial charge in [0.1, 0.15) is 0 Å². The second-order valence-corrected chi connectivity index (χ2v) is 11.4. The molecule has 0 spiro atoms. The van der Waals surface area contributed by atoms with Gasteiger partial charge in [0.15, 0.2) is 0 Å². The number of imide groups is 1. The van der Waals surface area contributed by atoms with E-state index in [2.05, 4.69) is 26.0 Å². The number of allylic oxidation sites excluding steroid dienone is 2. The predicted molar refractivity (Wildman–Crippen MR) is 138 cm³/mol. The van der Waals surface area contributed by atoms with Gasteiger partial charge in [-0.3, -0.25) is 14.5 Å². The van der Waals surface area contributed by atoms with E-state index < -0.39 is 0 Å². The van der Waals surface area contributed by atoms with Gasteiger partial charge in [-0.25, -0.2) is 0 Å². The summed E-state index contributed by atoms with van der Waals surface area (Å²) in [7, 11) is 0. The molecule has 2 bridgehead atoms. The van der Waals surface area contributed by atoms with Crippen LogP contribution in [0.15, 0.2) is 24.3 Å². The topological polar surface area (TPSA) is 37.4 Å². The fraction of sp³-hybridized carbons (Fsp3) is 0.800. The van der Waals surface area contributed by atoms with E-state index in [1.165, 1.54) is 113 Å². The smallest absolute Gasteiger partial charge is 0.253 e. The average Bonchev–Trinajstić information content (AvgIpc) is 3.50. The van der Waals surface area contributed by atoms with E-state index >= 15 is 0 Å². The highest BCUT2D eigenvalue weighted by molar-refractivity contribution is 6.12. The largest absolute Gasteiger partial charge is 0.275 e. The summed E-state index contributed by atoms with van der Waals surface area (Å²) in [4.78, 5) is 24.4. The van der Waals surface area contributed by atoms with Gasteiger partial charge in [-0.15, -0.1) is 0 Å². The fourth-order valence-electron chi connectivity index (χ4n) is 7.11. The van der Waals surface area contributed by atoms with Crippen molar-refractivity contribution >= 4 is 11.8 Å². The molecule has 2 amide bonds. The molecule has 3 heteroatoms. The van der Waals surface area contributed by atoms with Crippen LogP contribution in [-0.2, 0) is 9.59 Å². The summed E-state index contributed by atoms with van der Waals surface area (Å²) < 4.78 is 0. The number of nitrogens with zero attached hydrogens (tertiary/aromatic N) is 1. The summed E-state index contributed by atoms with van der Waals surface area (Å²) in [6.45, 7) is 5.46. The fourth-order valence-corrected chi connectivity index (χ4v) is 7.11. The summed E-state index contributed by atoms with van der Waals surface area (Å²) >= 11 is 0. The molecule has 3 rings (SSSR count). The lowest BCUT2D eigenvalue weighted by Gasteiger charge is -2.39. The van der Waals surface area contributed by atoms with Crippen molar-refractivity contribution in [2.75, 3.05) is 6.54 Å². The Balaban J connectivity index is 1.20. The van der Waals surface area contributed by atoms with Gasteiger partial charge in [0.05, 0.1) is 0 Å². The maximum absolute atomic E-state index is 11.5. The molecule has 2 atom stereocenters. The summed E-state index contributed by atoms with van der Waals surface area (Å²) in [5, 5.41) is 0. The number of carbonyl (C=O) groups excluding carboxylic acids is 2. The molecule has 186 valence electrons. The zero-order valence-electron chi connectivity index (χ0n) is 21.5. The maximum atomic E-state index is 11.5. The van der Waals surface area contributed by atoms with Crippen molar-refractivity contribution < 1.29 is 9.59 Å². The summed E-state index contributed by atoms with van der Waals surface area (Å²) in [5.74, 6) is 2.56. The minimum atomic E-state index is -0.148. The van der Waals surface area contributed by atoms with Gasteiger partial charge in [-0.05, 0) is 81.0 Å². The second-order valence-electron chi connectivity index (χ2n) is 11.4. The molecule has 0 aromatic heterocycles. The Morgan fingerprint density at radius 1 is 0.939 bits per heavy atom. The summed E-state index contributed by atoms with van der Waals surface area (Å²) in [6, 6.07) is 0. The molecule has 3 nitrogen and oxygen atoms in total. The van der Waals surface area contributed by atoms with Gasteiger partial charge in [0, 0.05) is 18.7 Å². The van der Waals surface area contributed by atoms with Crippen LogP contribution in [0.25, 0.3) is 0 Å². The number of unbranched alkanes of at least 4 members (excludes halogenated alkanes) is 8. The first-order valence-electron chi connectivity index (χ1n) is 14.2. The molecule has 0 aromatic rings. The molecule has 1 aliphatic heterocycles. The molecule has 2 saturated carbocycles. The monoisotopic (exact) mass is 455 g/mol. The third kappa shape index (κ3) is 7.55. The van der Waals surface area contributed by atoms with Gasteiger partial charge < -0.3 is 0 Å². The highest BCUT2D eigenvalue weighted by atomic mass is 16.2. The number of amides is 2. The van der Waals surface area contributed by atoms with Crippen LogP contribution in [0.1, 0.15) is 123 Å². The minimum absolute atomic E-state index is 0.148. The van der Waals surface area contributed by atoms with Crippen molar-refractivity contribution in [3.63, 3.8) is 0 Å². The zero-order valence-corrected chi connectivity index (χ0v) is 21.5. The van der Waals surface area contributed by atoms with Crippen molar-refractivity contribution in [1.29, 1.82) is 0 Å². The zero-order chi connectivity index (χ0) is 23.5. The molecule has 2 fully saturated rings. The molecule has 0 saturated heterocycles. The molecular formula is C30H49NO2. The Kier molecular flexibility index (Phi) is 10.7. The molecule has 0 radical (unpaired) electrons. The number of hydrogen-bond donors (Lipinski definition) is 0. The number of rotatable bonds is 17. The van der Waals surface area contributed by atoms with E-state index in [0.717, 1.165) is 30.6 Å². The second kappa shape index (κ2) is 13.5. The molecular weight excluding hydrogens is 406 g/mol. The van der Waals surface area contributed by atoms with Gasteiger partial charge in [-0.2, -0.15) is 0 Å². The standard InChI is InChI=1S/C30H49NO2/c1-3-15-25(2)27(30-21-19-26(24-30)20-22-30)16-13-11-9-7-5-4-6-8-10-12-14-23-31-28(32)17-18-29(31)33/h11,13,17-18,25-27H,3-10,12,14-16,19-24H2,1-2H3. The Hall–Kier alpha value is -1.38. The van der Waals surface area contributed by atoms with Gasteiger partial charge in [-0.1, -0.05) is 77.4 Å². The normalized spacial score (nSPS) is 26.2. The molecule has 2 aliphatic carbocycles. The molecule has 33 heavy (non-hydrogen) atoms. The van der Waals surface area contributed by atoms with Crippen LogP contribution in [0, 0.1) is 23.2 Å². The third-order valence-electron chi connectivity index (χ3n) is 8.97. The maximum Gasteiger partial charge on any atom is 0.253 e. The highest BCUT2D eigenvalue weighted by Gasteiger charge is 2.50. The quantitative estimate of drug-likeness (QED) is 0.127. The van der Waals surface area contributed by atoms with Crippen LogP contribution >= 0.6 is 0 Å². The van der Waals surface area contributed by atoms with Crippen molar-refractivity contribution in [3.8, 4) is 0 Å². The van der Waals surface area contributed by atoms with Crippen LogP contribution in [0.2, 0.25) is 0 Å². The molecule has 0 aromatic carbocycles. The Morgan fingerprint density at radius 2 is 1.55 bits per heavy atom. The first-order chi connectivity index (χ1) is 16.1. The SMILES string of the molecule is CCCC(C)C(CC=CCCCCCCCCCCN1C(=O)C=CC1=O)C12CCC(CC1)C2. The van der Waals surface area contributed by atoms with Crippen molar-refractivity contribution in [2.24, 2.45) is 23.2 Å². The lowest BCUT2D eigenvalue weighted by atomic mass is 9.65. The predicted octanol–water partition coefficient (Wildman–Crippen LogP) is 8.00. The molecule has 2 unspecified atom stereocenters. The van der Waals surface area contributed by atoms with E-state index in [9.17, 15) is 9.59 Å². The van der Waals surface area contributed by atoms with Crippen LogP contribution < -0.4 is 0 Å². The van der Waals surface area contributed by atoms with Crippen LogP contribution in [0.3, 0.4) is 0 Å². The third-order valence-corrected chi connectivity index (χ3v) is 8.97. The van der Waals surface area contributed by atoms with Gasteiger partial charge >= 0.3 is 0 Å². The van der Waals surface area contributed by atoms with Gasteiger partial charge in [0.25, 0.3) is 11.8 Å². The van der Waals surface area contributed by atoms with Gasteiger partial charge in [0.2, 0.25) is 0 Å². The summed E-state index contributed by atoms with van der Waals surface area (Å²) in [6.07, 6.45) is 30.5. The van der Waals surface area contributed by atoms with E-state index in [4.69, 9.17) is 0 Å². The Labute approximate surface area is 203 Å². The van der Waals surface area contributed by atoms with Crippen molar-refractivity contribution in [1.82, 2.24) is 4.90 Å². The van der Waals surface area contributed by atoms with Crippen LogP contribution in [0.4, 0.5) is 0 Å². The van der Waals surface area contributed by atoms with E-state index in [1.807, 2.05) is 0 Å². The summed E-state index contributed by atoms with van der Waals surface area (Å²) in [5.41, 5.74) is 0.694. The molecule has 0 N–H and O–H groups in total. The van der Waals surface area contributed by atoms with E-state index in [-0.39, 0.29) is 11.8 Å². The lowest BCUT2D eigenvalue weighted by Crippen LogP contribution is -2.31. The lowest BCUT2D eigenvalue weighted by molar-refractivity contribution is -0.136. The van der Waals surface area contributed by atoms with E-state index in [1.54, 1.807) is 0 Å². The molecule has 1 heterocycles. The number of fused-ring (bicyclic) bond motifs is 2. The number of carbonyl (C=O) groups is 2. The highest BCUT2D eigenvalue weighted by Crippen LogP contribution is 2.60. The number of hydrogen-bond acceptors (Lipinski definition) is 2. The first-order valence-corrected chi connectivity index (χ1v) is 14.2.